The van der Waals surface area contributed by atoms with E-state index in [2.05, 4.69) is 20.9 Å². The molecular weight excluding hydrogens is 258 g/mol. The van der Waals surface area contributed by atoms with Crippen LogP contribution in [0.15, 0.2) is 16.7 Å². The summed E-state index contributed by atoms with van der Waals surface area (Å²) >= 11 is 3.36. The highest BCUT2D eigenvalue weighted by Crippen LogP contribution is 2.26. The molecule has 0 aliphatic carbocycles. The summed E-state index contributed by atoms with van der Waals surface area (Å²) in [6, 6.07) is 1.85. The van der Waals surface area contributed by atoms with E-state index in [1.165, 1.54) is 0 Å². The van der Waals surface area contributed by atoms with Crippen molar-refractivity contribution in [1.29, 1.82) is 0 Å². The molecule has 1 fully saturated rings. The van der Waals surface area contributed by atoms with E-state index in [9.17, 15) is 5.11 Å². The molecule has 1 aliphatic rings. The van der Waals surface area contributed by atoms with E-state index in [0.29, 0.717) is 5.69 Å². The third-order valence-corrected chi connectivity index (χ3v) is 3.32. The molecule has 1 aromatic heterocycles. The fraction of sp³-hybridized carbons (Fsp3) is 0.500. The van der Waals surface area contributed by atoms with E-state index in [1.807, 2.05) is 11.0 Å². The lowest BCUT2D eigenvalue weighted by atomic mass is 10.1. The molecule has 1 unspecified atom stereocenters. The number of anilines is 2. The summed E-state index contributed by atoms with van der Waals surface area (Å²) in [6.07, 6.45) is 4.18. The highest BCUT2D eigenvalue weighted by atomic mass is 79.9. The maximum atomic E-state index is 9.82. The van der Waals surface area contributed by atoms with Crippen molar-refractivity contribution in [3.05, 3.63) is 16.7 Å². The van der Waals surface area contributed by atoms with Crippen molar-refractivity contribution in [2.24, 2.45) is 0 Å². The minimum absolute atomic E-state index is 0.415. The van der Waals surface area contributed by atoms with Crippen LogP contribution < -0.4 is 10.6 Å². The third-order valence-electron chi connectivity index (χ3n) is 2.63. The van der Waals surface area contributed by atoms with Crippen LogP contribution in [0.5, 0.6) is 0 Å². The third kappa shape index (κ3) is 2.23. The van der Waals surface area contributed by atoms with Crippen molar-refractivity contribution >= 4 is 27.4 Å². The molecule has 0 saturated carbocycles. The Balaban J connectivity index is 2.24. The van der Waals surface area contributed by atoms with Gasteiger partial charge in [-0.1, -0.05) is 0 Å². The predicted molar refractivity (Wildman–Crippen MR) is 63.6 cm³/mol. The summed E-state index contributed by atoms with van der Waals surface area (Å²) in [6.45, 7) is 0.852. The highest BCUT2D eigenvalue weighted by molar-refractivity contribution is 9.10. The second-order valence-corrected chi connectivity index (χ2v) is 4.59. The number of piperidine rings is 1. The minimum atomic E-state index is -0.415. The van der Waals surface area contributed by atoms with Crippen LogP contribution in [0.1, 0.15) is 19.3 Å². The van der Waals surface area contributed by atoms with E-state index in [-0.39, 0.29) is 0 Å². The van der Waals surface area contributed by atoms with Crippen LogP contribution in [0.3, 0.4) is 0 Å². The number of nitrogens with zero attached hydrogens (tertiary/aromatic N) is 2. The van der Waals surface area contributed by atoms with Crippen molar-refractivity contribution < 1.29 is 5.11 Å². The normalized spacial score (nSPS) is 21.7. The number of hydrogen-bond acceptors (Lipinski definition) is 4. The van der Waals surface area contributed by atoms with E-state index in [4.69, 9.17) is 5.73 Å². The molecule has 4 nitrogen and oxygen atoms in total. The predicted octanol–water partition coefficient (Wildman–Crippen LogP) is 1.74. The number of aliphatic hydroxyl groups is 1. The van der Waals surface area contributed by atoms with Gasteiger partial charge in [0.1, 0.15) is 12.0 Å². The van der Waals surface area contributed by atoms with Crippen molar-refractivity contribution in [1.82, 2.24) is 4.98 Å². The Morgan fingerprint density at radius 3 is 3.00 bits per heavy atom. The molecule has 2 heterocycles. The van der Waals surface area contributed by atoms with Crippen LogP contribution in [0.2, 0.25) is 0 Å². The van der Waals surface area contributed by atoms with Crippen LogP contribution in [-0.2, 0) is 0 Å². The van der Waals surface area contributed by atoms with E-state index in [1.54, 1.807) is 6.20 Å². The molecule has 1 aromatic rings. The second-order valence-electron chi connectivity index (χ2n) is 3.73. The lowest BCUT2D eigenvalue weighted by molar-refractivity contribution is 0.139. The number of halogens is 1. The number of aromatic nitrogens is 1. The zero-order valence-corrected chi connectivity index (χ0v) is 9.94. The first-order chi connectivity index (χ1) is 7.18. The van der Waals surface area contributed by atoms with Gasteiger partial charge in [0.15, 0.2) is 0 Å². The molecule has 5 heteroatoms. The molecule has 15 heavy (non-hydrogen) atoms. The Morgan fingerprint density at radius 2 is 2.33 bits per heavy atom. The molecule has 82 valence electrons. The summed E-state index contributed by atoms with van der Waals surface area (Å²) in [5, 5.41) is 9.82. The Morgan fingerprint density at radius 1 is 1.53 bits per heavy atom. The van der Waals surface area contributed by atoms with Crippen LogP contribution in [0, 0.1) is 0 Å². The molecule has 3 N–H and O–H groups in total. The number of hydrogen-bond donors (Lipinski definition) is 2. The molecule has 1 saturated heterocycles. The van der Waals surface area contributed by atoms with Crippen LogP contribution in [-0.4, -0.2) is 22.9 Å². The Bertz CT molecular complexity index is 359. The van der Waals surface area contributed by atoms with Gasteiger partial charge in [-0.3, -0.25) is 0 Å². The van der Waals surface area contributed by atoms with Gasteiger partial charge in [0.2, 0.25) is 0 Å². The molecule has 0 bridgehead atoms. The average molecular weight is 272 g/mol. The maximum Gasteiger partial charge on any atom is 0.131 e. The molecule has 0 spiro atoms. The van der Waals surface area contributed by atoms with Crippen molar-refractivity contribution in [3.8, 4) is 0 Å². The summed E-state index contributed by atoms with van der Waals surface area (Å²) in [7, 11) is 0. The number of nitrogen functional groups attached to an aromatic ring is 1. The first kappa shape index (κ1) is 10.7. The van der Waals surface area contributed by atoms with Crippen molar-refractivity contribution in [2.45, 2.75) is 25.5 Å². The fourth-order valence-corrected chi connectivity index (χ4v) is 2.08. The second kappa shape index (κ2) is 4.37. The van der Waals surface area contributed by atoms with Gasteiger partial charge in [-0.15, -0.1) is 0 Å². The maximum absolute atomic E-state index is 9.82. The Labute approximate surface area is 97.2 Å². The molecule has 0 radical (unpaired) electrons. The lowest BCUT2D eigenvalue weighted by Crippen LogP contribution is -2.39. The van der Waals surface area contributed by atoms with Gasteiger partial charge in [-0.05, 0) is 41.3 Å². The van der Waals surface area contributed by atoms with Gasteiger partial charge in [-0.2, -0.15) is 0 Å². The summed E-state index contributed by atoms with van der Waals surface area (Å²) < 4.78 is 0.824. The van der Waals surface area contributed by atoms with Crippen molar-refractivity contribution in [2.75, 3.05) is 17.2 Å². The zero-order valence-electron chi connectivity index (χ0n) is 8.36. The zero-order chi connectivity index (χ0) is 10.8. The molecule has 0 aromatic carbocycles. The monoisotopic (exact) mass is 271 g/mol. The van der Waals surface area contributed by atoms with Gasteiger partial charge in [0.25, 0.3) is 0 Å². The molecular formula is C10H14BrN3O. The van der Waals surface area contributed by atoms with E-state index in [0.717, 1.165) is 36.1 Å². The van der Waals surface area contributed by atoms with Gasteiger partial charge in [0, 0.05) is 11.0 Å². The van der Waals surface area contributed by atoms with E-state index < -0.39 is 6.23 Å². The van der Waals surface area contributed by atoms with Crippen LogP contribution in [0.4, 0.5) is 11.5 Å². The lowest BCUT2D eigenvalue weighted by Gasteiger charge is -2.33. The topological polar surface area (TPSA) is 62.4 Å². The number of rotatable bonds is 1. The smallest absolute Gasteiger partial charge is 0.131 e. The average Bonchev–Trinajstić information content (AvgIpc) is 2.23. The van der Waals surface area contributed by atoms with E-state index >= 15 is 0 Å². The molecule has 2 rings (SSSR count). The van der Waals surface area contributed by atoms with Crippen molar-refractivity contribution in [3.63, 3.8) is 0 Å². The number of aliphatic hydroxyl groups excluding tert-OH is 1. The summed E-state index contributed by atoms with van der Waals surface area (Å²) in [5.41, 5.74) is 6.28. The SMILES string of the molecule is Nc1cnc(N2CCCCC2O)cc1Br. The molecule has 0 amide bonds. The first-order valence-corrected chi connectivity index (χ1v) is 5.83. The quantitative estimate of drug-likeness (QED) is 0.817. The Kier molecular flexibility index (Phi) is 3.11. The van der Waals surface area contributed by atoms with Gasteiger partial charge in [-0.25, -0.2) is 4.98 Å². The first-order valence-electron chi connectivity index (χ1n) is 5.04. The number of nitrogens with two attached hydrogens (primary N) is 1. The van der Waals surface area contributed by atoms with Gasteiger partial charge >= 0.3 is 0 Å². The largest absolute Gasteiger partial charge is 0.397 e. The molecule has 1 atom stereocenters. The standard InChI is InChI=1S/C10H14BrN3O/c11-7-5-9(13-6-8(7)12)14-4-2-1-3-10(14)15/h5-6,10,15H,1-4,12H2. The van der Waals surface area contributed by atoms with Gasteiger partial charge < -0.3 is 15.7 Å². The summed E-state index contributed by atoms with van der Waals surface area (Å²) in [5.74, 6) is 0.781. The fourth-order valence-electron chi connectivity index (χ4n) is 1.77. The molecule has 1 aliphatic heterocycles. The Hall–Kier alpha value is -0.810. The number of pyridine rings is 1. The minimum Gasteiger partial charge on any atom is -0.397 e. The van der Waals surface area contributed by atoms with Crippen LogP contribution >= 0.6 is 15.9 Å². The highest BCUT2D eigenvalue weighted by Gasteiger charge is 2.21. The van der Waals surface area contributed by atoms with Crippen LogP contribution in [0.25, 0.3) is 0 Å². The summed E-state index contributed by atoms with van der Waals surface area (Å²) in [4.78, 5) is 6.13. The van der Waals surface area contributed by atoms with Gasteiger partial charge in [0.05, 0.1) is 11.9 Å².